The summed E-state index contributed by atoms with van der Waals surface area (Å²) in [4.78, 5) is 8.76. The number of rotatable bonds is 5. The first-order valence-corrected chi connectivity index (χ1v) is 10.7. The normalized spacial score (nSPS) is 12.8. The van der Waals surface area contributed by atoms with Gasteiger partial charge in [-0.05, 0) is 57.0 Å². The van der Waals surface area contributed by atoms with Gasteiger partial charge < -0.3 is 14.4 Å². The molecule has 0 saturated carbocycles. The van der Waals surface area contributed by atoms with Crippen molar-refractivity contribution in [3.63, 3.8) is 0 Å². The van der Waals surface area contributed by atoms with Crippen molar-refractivity contribution in [3.8, 4) is 16.9 Å². The van der Waals surface area contributed by atoms with Crippen molar-refractivity contribution < 1.29 is 21.1 Å². The Morgan fingerprint density at radius 1 is 0.879 bits per heavy atom. The van der Waals surface area contributed by atoms with Gasteiger partial charge in [-0.15, -0.1) is 41.1 Å². The minimum atomic E-state index is 0. The van der Waals surface area contributed by atoms with Gasteiger partial charge in [-0.25, -0.2) is 0 Å². The van der Waals surface area contributed by atoms with E-state index >= 15 is 0 Å². The molecule has 4 aromatic rings. The minimum Gasteiger partial charge on any atom is -0.510 e. The Balaban J connectivity index is 0.00000259. The molecule has 1 aliphatic rings. The van der Waals surface area contributed by atoms with Crippen molar-refractivity contribution in [2.45, 2.75) is 20.3 Å². The van der Waals surface area contributed by atoms with Gasteiger partial charge in [0.2, 0.25) is 0 Å². The Hall–Kier alpha value is -3.10. The molecule has 2 heterocycles. The van der Waals surface area contributed by atoms with Crippen LogP contribution in [0.5, 0.6) is 0 Å². The number of hydrogen-bond donors (Lipinski definition) is 0. The van der Waals surface area contributed by atoms with Crippen LogP contribution < -0.4 is 4.90 Å². The molecule has 0 fully saturated rings. The van der Waals surface area contributed by atoms with Crippen LogP contribution in [-0.4, -0.2) is 21.5 Å². The van der Waals surface area contributed by atoms with E-state index < -0.39 is 0 Å². The Morgan fingerprint density at radius 2 is 1.58 bits per heavy atom. The largest absolute Gasteiger partial charge is 0.510 e. The van der Waals surface area contributed by atoms with Gasteiger partial charge in [-0.3, -0.25) is 4.98 Å². The fourth-order valence-electron chi connectivity index (χ4n) is 4.12. The van der Waals surface area contributed by atoms with E-state index in [1.54, 1.807) is 0 Å². The van der Waals surface area contributed by atoms with E-state index in [0.717, 1.165) is 34.5 Å². The molecule has 0 radical (unpaired) electrons. The van der Waals surface area contributed by atoms with E-state index in [9.17, 15) is 0 Å². The third-order valence-electron chi connectivity index (χ3n) is 5.68. The zero-order valence-corrected chi connectivity index (χ0v) is 21.2. The molecule has 1 aromatic heterocycles. The zero-order valence-electron chi connectivity index (χ0n) is 18.9. The second kappa shape index (κ2) is 9.80. The fourth-order valence-corrected chi connectivity index (χ4v) is 4.12. The second-order valence-electron chi connectivity index (χ2n) is 8.22. The quantitative estimate of drug-likeness (QED) is 0.271. The van der Waals surface area contributed by atoms with Gasteiger partial charge in [-0.2, -0.15) is 36.5 Å². The molecule has 0 atom stereocenters. The van der Waals surface area contributed by atoms with Gasteiger partial charge in [0.1, 0.15) is 0 Å². The van der Waals surface area contributed by atoms with Crippen LogP contribution in [-0.2, 0) is 27.5 Å². The molecule has 0 aliphatic carbocycles. The number of aryl methyl sites for hydroxylation is 2. The maximum absolute atomic E-state index is 4.67. The Labute approximate surface area is 210 Å². The molecular weight excluding hydrogens is 587 g/mol. The molecule has 33 heavy (non-hydrogen) atoms. The summed E-state index contributed by atoms with van der Waals surface area (Å²) in [6.07, 6.45) is 8.81. The number of para-hydroxylation sites is 1. The van der Waals surface area contributed by atoms with Crippen LogP contribution in [0.2, 0.25) is 0 Å². The van der Waals surface area contributed by atoms with Gasteiger partial charge >= 0.3 is 0 Å². The molecule has 0 unspecified atom stereocenters. The van der Waals surface area contributed by atoms with Crippen molar-refractivity contribution in [1.82, 2.24) is 14.5 Å². The maximum atomic E-state index is 4.67. The molecule has 0 spiro atoms. The summed E-state index contributed by atoms with van der Waals surface area (Å²) in [6, 6.07) is 26.0. The summed E-state index contributed by atoms with van der Waals surface area (Å²) in [5.41, 5.74) is 8.87. The Bertz CT molecular complexity index is 1270. The molecule has 0 amide bonds. The molecule has 0 saturated heterocycles. The van der Waals surface area contributed by atoms with Crippen LogP contribution in [0.25, 0.3) is 16.9 Å². The second-order valence-corrected chi connectivity index (χ2v) is 8.22. The summed E-state index contributed by atoms with van der Waals surface area (Å²) in [5.74, 6) is 0. The van der Waals surface area contributed by atoms with E-state index in [1.165, 1.54) is 16.8 Å². The molecule has 5 heteroatoms. The van der Waals surface area contributed by atoms with E-state index in [2.05, 4.69) is 101 Å². The number of benzene rings is 3. The first-order valence-electron chi connectivity index (χ1n) is 10.7. The molecule has 5 rings (SSSR count). The third kappa shape index (κ3) is 4.96. The van der Waals surface area contributed by atoms with Crippen LogP contribution in [0, 0.1) is 32.6 Å². The van der Waals surface area contributed by atoms with Crippen LogP contribution in [0.1, 0.15) is 22.3 Å². The first-order chi connectivity index (χ1) is 15.6. The van der Waals surface area contributed by atoms with Crippen LogP contribution in [0.3, 0.4) is 0 Å². The molecule has 3 aromatic carbocycles. The van der Waals surface area contributed by atoms with Crippen LogP contribution >= 0.6 is 0 Å². The Kier molecular flexibility index (Phi) is 6.85. The van der Waals surface area contributed by atoms with Crippen molar-refractivity contribution in [2.75, 3.05) is 11.9 Å². The fraction of sp³-hybridized carbons (Fsp3) is 0.143. The molecule has 0 N–H and O–H groups in total. The average Bonchev–Trinajstić information content (AvgIpc) is 3.44. The van der Waals surface area contributed by atoms with Crippen molar-refractivity contribution in [3.05, 3.63) is 121 Å². The van der Waals surface area contributed by atoms with E-state index in [0.29, 0.717) is 0 Å². The zero-order chi connectivity index (χ0) is 22.1. The summed E-state index contributed by atoms with van der Waals surface area (Å²) in [7, 11) is 2.02. The number of hydrogen-bond acceptors (Lipinski definition) is 3. The van der Waals surface area contributed by atoms with Crippen LogP contribution in [0.15, 0.2) is 79.5 Å². The molecule has 1 aliphatic heterocycles. The standard InChI is InChI=1S/C28H25N4.Pt/c1-21-7-4-8-22(2)28(21)32-18-27(29-19-32)25-11-5-9-23(16-25)15-24-10-6-12-26(17-24)31-14-13-30(3)20-31;/h4-14,18-20H,15H2,1-3H3;/q-3;. The van der Waals surface area contributed by atoms with Crippen LogP contribution in [0.4, 0.5) is 5.69 Å². The van der Waals surface area contributed by atoms with E-state index in [1.807, 2.05) is 37.3 Å². The summed E-state index contributed by atoms with van der Waals surface area (Å²) < 4.78 is 2.11. The molecule has 0 bridgehead atoms. The Morgan fingerprint density at radius 3 is 2.30 bits per heavy atom. The molecule has 170 valence electrons. The minimum absolute atomic E-state index is 0. The molecule has 4 nitrogen and oxygen atoms in total. The summed E-state index contributed by atoms with van der Waals surface area (Å²) >= 11 is 0. The van der Waals surface area contributed by atoms with Crippen molar-refractivity contribution in [1.29, 1.82) is 0 Å². The summed E-state index contributed by atoms with van der Waals surface area (Å²) in [5, 5.41) is 0. The monoisotopic (exact) mass is 612 g/mol. The van der Waals surface area contributed by atoms with Gasteiger partial charge in [0.15, 0.2) is 0 Å². The molecular formula is C28H25N4Pt-3. The number of nitrogens with zero attached hydrogens (tertiary/aromatic N) is 4. The maximum Gasteiger partial charge on any atom is 0.0883 e. The van der Waals surface area contributed by atoms with Gasteiger partial charge in [0, 0.05) is 26.8 Å². The number of anilines is 1. The first kappa shape index (κ1) is 23.1. The average molecular weight is 613 g/mol. The predicted molar refractivity (Wildman–Crippen MR) is 129 cm³/mol. The number of imidazole rings is 1. The summed E-state index contributed by atoms with van der Waals surface area (Å²) in [6.45, 7) is 6.30. The van der Waals surface area contributed by atoms with Gasteiger partial charge in [0.25, 0.3) is 0 Å². The third-order valence-corrected chi connectivity index (χ3v) is 5.68. The smallest absolute Gasteiger partial charge is 0.0883 e. The number of aromatic nitrogens is 2. The van der Waals surface area contributed by atoms with Crippen molar-refractivity contribution >= 4 is 5.69 Å². The van der Waals surface area contributed by atoms with Gasteiger partial charge in [0.05, 0.1) is 12.0 Å². The van der Waals surface area contributed by atoms with Crippen molar-refractivity contribution in [2.24, 2.45) is 0 Å². The topological polar surface area (TPSA) is 24.3 Å². The van der Waals surface area contributed by atoms with E-state index in [-0.39, 0.29) is 21.1 Å². The van der Waals surface area contributed by atoms with E-state index in [4.69, 9.17) is 0 Å². The SMILES string of the molecule is Cc1cccc(C)c1-n1cnc(-c2[c-]c(Cc3[c-]c(N4C=CN(C)[CH-]4)ccc3)ccc2)c1.[Pt]. The predicted octanol–water partition coefficient (Wildman–Crippen LogP) is 5.69. The van der Waals surface area contributed by atoms with Gasteiger partial charge in [-0.1, -0.05) is 18.2 Å².